The molecule has 0 amide bonds. The molecule has 29 heavy (non-hydrogen) atoms. The Kier molecular flexibility index (Phi) is 8.08. The van der Waals surface area contributed by atoms with Gasteiger partial charge in [-0.15, -0.1) is 0 Å². The van der Waals surface area contributed by atoms with E-state index in [1.54, 1.807) is 14.2 Å². The zero-order valence-corrected chi connectivity index (χ0v) is 18.8. The van der Waals surface area contributed by atoms with Crippen molar-refractivity contribution in [1.29, 1.82) is 0 Å². The summed E-state index contributed by atoms with van der Waals surface area (Å²) in [6.45, 7) is 12.9. The third-order valence-corrected chi connectivity index (χ3v) is 4.53. The Morgan fingerprint density at radius 1 is 1.14 bits per heavy atom. The number of aliphatic imine (C=N–C) groups is 1. The zero-order valence-electron chi connectivity index (χ0n) is 18.8. The summed E-state index contributed by atoms with van der Waals surface area (Å²) in [4.78, 5) is 4.34. The summed E-state index contributed by atoms with van der Waals surface area (Å²) in [7, 11) is 3.48. The molecule has 2 rings (SSSR count). The smallest absolute Gasteiger partial charge is 0.191 e. The molecule has 1 aromatic heterocycles. The minimum Gasteiger partial charge on any atom is -0.488 e. The second-order valence-electron chi connectivity index (χ2n) is 7.97. The largest absolute Gasteiger partial charge is 0.488 e. The number of para-hydroxylation sites is 1. The van der Waals surface area contributed by atoms with Gasteiger partial charge >= 0.3 is 0 Å². The lowest BCUT2D eigenvalue weighted by Crippen LogP contribution is -2.36. The average molecular weight is 402 g/mol. The molecular formula is C22H35N5O2. The van der Waals surface area contributed by atoms with Crippen LogP contribution in [0.2, 0.25) is 0 Å². The van der Waals surface area contributed by atoms with Gasteiger partial charge in [0.05, 0.1) is 18.8 Å². The van der Waals surface area contributed by atoms with Crippen molar-refractivity contribution in [2.45, 2.75) is 59.9 Å². The van der Waals surface area contributed by atoms with Gasteiger partial charge in [0.1, 0.15) is 11.4 Å². The van der Waals surface area contributed by atoms with Gasteiger partial charge in [-0.2, -0.15) is 5.10 Å². The highest BCUT2D eigenvalue weighted by Crippen LogP contribution is 2.22. The fraction of sp³-hybridized carbons (Fsp3) is 0.545. The van der Waals surface area contributed by atoms with E-state index in [0.29, 0.717) is 19.7 Å². The van der Waals surface area contributed by atoms with Crippen molar-refractivity contribution in [2.24, 2.45) is 4.99 Å². The van der Waals surface area contributed by atoms with Crippen LogP contribution in [0.1, 0.15) is 43.3 Å². The molecule has 0 radical (unpaired) electrons. The third kappa shape index (κ3) is 6.78. The van der Waals surface area contributed by atoms with Crippen LogP contribution in [0, 0.1) is 13.8 Å². The van der Waals surface area contributed by atoms with Gasteiger partial charge < -0.3 is 20.1 Å². The van der Waals surface area contributed by atoms with Gasteiger partial charge in [0.15, 0.2) is 5.96 Å². The SMILES string of the molecule is CN=C(NCc1ccccc1OC(C)(C)C)NCc1c(C)nn(CCOC)c1C. The summed E-state index contributed by atoms with van der Waals surface area (Å²) in [5, 5.41) is 11.4. The maximum Gasteiger partial charge on any atom is 0.191 e. The summed E-state index contributed by atoms with van der Waals surface area (Å²) in [5.74, 6) is 1.62. The first-order valence-electron chi connectivity index (χ1n) is 9.98. The number of hydrogen-bond donors (Lipinski definition) is 2. The Balaban J connectivity index is 1.99. The zero-order chi connectivity index (χ0) is 21.4. The molecule has 1 heterocycles. The van der Waals surface area contributed by atoms with Crippen LogP contribution in [0.5, 0.6) is 5.75 Å². The summed E-state index contributed by atoms with van der Waals surface area (Å²) in [5.41, 5.74) is 4.19. The van der Waals surface area contributed by atoms with E-state index in [1.807, 2.05) is 29.8 Å². The molecule has 0 atom stereocenters. The van der Waals surface area contributed by atoms with Gasteiger partial charge in [-0.05, 0) is 40.7 Å². The van der Waals surface area contributed by atoms with Crippen LogP contribution >= 0.6 is 0 Å². The number of benzene rings is 1. The molecule has 1 aromatic carbocycles. The average Bonchev–Trinajstić information content (AvgIpc) is 2.93. The number of aryl methyl sites for hydroxylation is 1. The fourth-order valence-corrected chi connectivity index (χ4v) is 3.04. The molecule has 7 nitrogen and oxygen atoms in total. The molecule has 0 spiro atoms. The number of aromatic nitrogens is 2. The lowest BCUT2D eigenvalue weighted by atomic mass is 10.1. The van der Waals surface area contributed by atoms with Crippen molar-refractivity contribution in [3.63, 3.8) is 0 Å². The molecule has 2 aromatic rings. The van der Waals surface area contributed by atoms with Gasteiger partial charge in [0, 0.05) is 44.1 Å². The van der Waals surface area contributed by atoms with Crippen LogP contribution in [0.4, 0.5) is 0 Å². The van der Waals surface area contributed by atoms with E-state index in [4.69, 9.17) is 9.47 Å². The Hall–Kier alpha value is -2.54. The van der Waals surface area contributed by atoms with Crippen molar-refractivity contribution >= 4 is 5.96 Å². The number of nitrogens with zero attached hydrogens (tertiary/aromatic N) is 3. The van der Waals surface area contributed by atoms with Crippen LogP contribution in [-0.4, -0.2) is 42.1 Å². The summed E-state index contributed by atoms with van der Waals surface area (Å²) in [6.07, 6.45) is 0. The lowest BCUT2D eigenvalue weighted by Gasteiger charge is -2.23. The highest BCUT2D eigenvalue weighted by Gasteiger charge is 2.15. The van der Waals surface area contributed by atoms with Gasteiger partial charge in [-0.1, -0.05) is 18.2 Å². The van der Waals surface area contributed by atoms with Gasteiger partial charge in [-0.25, -0.2) is 0 Å². The van der Waals surface area contributed by atoms with E-state index in [-0.39, 0.29) is 5.60 Å². The molecule has 2 N–H and O–H groups in total. The van der Waals surface area contributed by atoms with Crippen molar-refractivity contribution in [3.05, 3.63) is 46.8 Å². The van der Waals surface area contributed by atoms with Crippen molar-refractivity contribution in [3.8, 4) is 5.75 Å². The number of guanidine groups is 1. The lowest BCUT2D eigenvalue weighted by molar-refractivity contribution is 0.129. The van der Waals surface area contributed by atoms with Crippen LogP contribution in [0.25, 0.3) is 0 Å². The summed E-state index contributed by atoms with van der Waals surface area (Å²) < 4.78 is 13.2. The molecular weight excluding hydrogens is 366 g/mol. The maximum absolute atomic E-state index is 6.07. The minimum absolute atomic E-state index is 0.242. The molecule has 7 heteroatoms. The third-order valence-electron chi connectivity index (χ3n) is 4.53. The molecule has 0 unspecified atom stereocenters. The number of nitrogens with one attached hydrogen (secondary N) is 2. The molecule has 0 saturated heterocycles. The van der Waals surface area contributed by atoms with Crippen molar-refractivity contribution in [1.82, 2.24) is 20.4 Å². The minimum atomic E-state index is -0.242. The molecule has 0 aliphatic heterocycles. The molecule has 0 aliphatic carbocycles. The number of hydrogen-bond acceptors (Lipinski definition) is 4. The molecule has 0 saturated carbocycles. The Morgan fingerprint density at radius 2 is 1.83 bits per heavy atom. The van der Waals surface area contributed by atoms with Crippen LogP contribution in [-0.2, 0) is 24.4 Å². The van der Waals surface area contributed by atoms with Crippen LogP contribution in [0.15, 0.2) is 29.3 Å². The Morgan fingerprint density at radius 3 is 2.48 bits per heavy atom. The first kappa shape index (κ1) is 22.7. The van der Waals surface area contributed by atoms with E-state index < -0.39 is 0 Å². The molecule has 0 aliphatic rings. The molecule has 0 fully saturated rings. The number of ether oxygens (including phenoxy) is 2. The first-order valence-corrected chi connectivity index (χ1v) is 9.98. The van der Waals surface area contributed by atoms with E-state index in [2.05, 4.69) is 54.5 Å². The molecule has 0 bridgehead atoms. The summed E-state index contributed by atoms with van der Waals surface area (Å²) in [6, 6.07) is 8.07. The predicted octanol–water partition coefficient (Wildman–Crippen LogP) is 3.19. The maximum atomic E-state index is 6.07. The second kappa shape index (κ2) is 10.3. The van der Waals surface area contributed by atoms with Crippen molar-refractivity contribution in [2.75, 3.05) is 20.8 Å². The monoisotopic (exact) mass is 401 g/mol. The number of rotatable bonds is 8. The second-order valence-corrected chi connectivity index (χ2v) is 7.97. The van der Waals surface area contributed by atoms with E-state index in [0.717, 1.165) is 35.2 Å². The highest BCUT2D eigenvalue weighted by molar-refractivity contribution is 5.79. The fourth-order valence-electron chi connectivity index (χ4n) is 3.04. The van der Waals surface area contributed by atoms with E-state index in [9.17, 15) is 0 Å². The molecule has 160 valence electrons. The first-order chi connectivity index (χ1) is 13.7. The van der Waals surface area contributed by atoms with Crippen LogP contribution in [0.3, 0.4) is 0 Å². The van der Waals surface area contributed by atoms with Gasteiger partial charge in [0.2, 0.25) is 0 Å². The van der Waals surface area contributed by atoms with Gasteiger partial charge in [-0.3, -0.25) is 9.67 Å². The van der Waals surface area contributed by atoms with E-state index >= 15 is 0 Å². The predicted molar refractivity (Wildman–Crippen MR) is 117 cm³/mol. The normalized spacial score (nSPS) is 12.2. The van der Waals surface area contributed by atoms with Gasteiger partial charge in [0.25, 0.3) is 0 Å². The number of methoxy groups -OCH3 is 1. The quantitative estimate of drug-likeness (QED) is 0.525. The topological polar surface area (TPSA) is 72.7 Å². The van der Waals surface area contributed by atoms with Crippen molar-refractivity contribution < 1.29 is 9.47 Å². The Bertz CT molecular complexity index is 821. The standard InChI is InChI=1S/C22H35N5O2/c1-16-19(17(2)27(26-16)12-13-28-7)15-25-21(23-6)24-14-18-10-8-9-11-20(18)29-22(3,4)5/h8-11H,12-15H2,1-7H3,(H2,23,24,25). The highest BCUT2D eigenvalue weighted by atomic mass is 16.5. The summed E-state index contributed by atoms with van der Waals surface area (Å²) >= 11 is 0. The Labute approximate surface area is 174 Å². The van der Waals surface area contributed by atoms with E-state index in [1.165, 1.54) is 5.56 Å². The van der Waals surface area contributed by atoms with Crippen LogP contribution < -0.4 is 15.4 Å².